The van der Waals surface area contributed by atoms with Gasteiger partial charge >= 0.3 is 0 Å². The number of sulfonamides is 1. The molecule has 0 aliphatic rings. The fraction of sp³-hybridized carbons (Fsp3) is 0.462. The molecule has 0 saturated carbocycles. The fourth-order valence-electron chi connectivity index (χ4n) is 1.74. The maximum Gasteiger partial charge on any atom is 0.242 e. The molecule has 7 heteroatoms. The molecule has 0 spiro atoms. The van der Waals surface area contributed by atoms with Gasteiger partial charge < -0.3 is 5.32 Å². The Morgan fingerprint density at radius 3 is 2.35 bits per heavy atom. The van der Waals surface area contributed by atoms with Crippen LogP contribution < -0.4 is 5.32 Å². The van der Waals surface area contributed by atoms with Crippen molar-refractivity contribution in [3.05, 3.63) is 29.8 Å². The molecule has 0 fully saturated rings. The van der Waals surface area contributed by atoms with Gasteiger partial charge in [-0.1, -0.05) is 35.0 Å². The lowest BCUT2D eigenvalue weighted by atomic mass is 10.2. The summed E-state index contributed by atoms with van der Waals surface area (Å²) >= 11 is 3.31. The van der Waals surface area contributed by atoms with E-state index >= 15 is 0 Å². The summed E-state index contributed by atoms with van der Waals surface area (Å²) in [6.45, 7) is 1.83. The maximum absolute atomic E-state index is 12.4. The first-order valence-electron chi connectivity index (χ1n) is 6.15. The van der Waals surface area contributed by atoms with Crippen LogP contribution in [0.2, 0.25) is 0 Å². The molecule has 0 heterocycles. The number of amides is 1. The Morgan fingerprint density at radius 2 is 1.90 bits per heavy atom. The van der Waals surface area contributed by atoms with E-state index in [1.54, 1.807) is 31.2 Å². The second-order valence-corrected chi connectivity index (χ2v) is 7.18. The van der Waals surface area contributed by atoms with Crippen molar-refractivity contribution >= 4 is 31.9 Å². The molecule has 0 saturated heterocycles. The van der Waals surface area contributed by atoms with E-state index in [-0.39, 0.29) is 17.3 Å². The zero-order valence-electron chi connectivity index (χ0n) is 11.8. The number of nitrogens with zero attached hydrogens (tertiary/aromatic N) is 1. The standard InChI is InChI=1S/C13H19BrN2O3S/c1-10(13(17)15-2)9-16(3)20(18,19)12-6-4-11(8-14)5-7-12/h4-7,10H,8-9H2,1-3H3,(H,15,17). The largest absolute Gasteiger partial charge is 0.359 e. The molecular weight excluding hydrogens is 344 g/mol. The summed E-state index contributed by atoms with van der Waals surface area (Å²) in [6, 6.07) is 6.68. The van der Waals surface area contributed by atoms with Gasteiger partial charge in [0.1, 0.15) is 0 Å². The Balaban J connectivity index is 2.89. The van der Waals surface area contributed by atoms with Gasteiger partial charge in [-0.15, -0.1) is 0 Å². The molecule has 1 atom stereocenters. The molecule has 1 N–H and O–H groups in total. The highest BCUT2D eigenvalue weighted by atomic mass is 79.9. The summed E-state index contributed by atoms with van der Waals surface area (Å²) in [5.41, 5.74) is 1.00. The van der Waals surface area contributed by atoms with Crippen LogP contribution in [0.3, 0.4) is 0 Å². The lowest BCUT2D eigenvalue weighted by Crippen LogP contribution is -2.37. The number of carbonyl (C=O) groups is 1. The molecule has 1 amide bonds. The Kier molecular flexibility index (Phi) is 6.16. The van der Waals surface area contributed by atoms with Crippen LogP contribution in [0.4, 0.5) is 0 Å². The van der Waals surface area contributed by atoms with E-state index < -0.39 is 15.9 Å². The highest BCUT2D eigenvalue weighted by molar-refractivity contribution is 9.08. The molecule has 0 aromatic heterocycles. The number of carbonyl (C=O) groups excluding carboxylic acids is 1. The third-order valence-electron chi connectivity index (χ3n) is 3.01. The molecule has 0 aliphatic carbocycles. The second kappa shape index (κ2) is 7.19. The number of benzene rings is 1. The quantitative estimate of drug-likeness (QED) is 0.781. The van der Waals surface area contributed by atoms with Gasteiger partial charge in [0, 0.05) is 31.9 Å². The van der Waals surface area contributed by atoms with Gasteiger partial charge in [0.15, 0.2) is 0 Å². The molecular formula is C13H19BrN2O3S. The van der Waals surface area contributed by atoms with Crippen LogP contribution in [0.15, 0.2) is 29.2 Å². The molecule has 1 unspecified atom stereocenters. The predicted molar refractivity (Wildman–Crippen MR) is 82.1 cm³/mol. The van der Waals surface area contributed by atoms with Crippen molar-refractivity contribution in [1.29, 1.82) is 0 Å². The second-order valence-electron chi connectivity index (χ2n) is 4.58. The van der Waals surface area contributed by atoms with Gasteiger partial charge in [-0.3, -0.25) is 4.79 Å². The summed E-state index contributed by atoms with van der Waals surface area (Å²) in [7, 11) is -0.549. The van der Waals surface area contributed by atoms with Gasteiger partial charge in [0.2, 0.25) is 15.9 Å². The number of halogens is 1. The minimum Gasteiger partial charge on any atom is -0.359 e. The summed E-state index contributed by atoms with van der Waals surface area (Å²) < 4.78 is 25.9. The van der Waals surface area contributed by atoms with Crippen LogP contribution in [-0.4, -0.2) is 39.3 Å². The van der Waals surface area contributed by atoms with Crippen molar-refractivity contribution in [2.24, 2.45) is 5.92 Å². The van der Waals surface area contributed by atoms with Crippen LogP contribution in [0.5, 0.6) is 0 Å². The van der Waals surface area contributed by atoms with Crippen LogP contribution in [-0.2, 0) is 20.1 Å². The Labute approximate surface area is 128 Å². The Hall–Kier alpha value is -0.920. The van der Waals surface area contributed by atoms with E-state index in [1.807, 2.05) is 0 Å². The van der Waals surface area contributed by atoms with Crippen molar-refractivity contribution in [1.82, 2.24) is 9.62 Å². The Morgan fingerprint density at radius 1 is 1.35 bits per heavy atom. The number of hydrogen-bond donors (Lipinski definition) is 1. The van der Waals surface area contributed by atoms with Crippen molar-refractivity contribution in [2.45, 2.75) is 17.1 Å². The number of rotatable bonds is 6. The molecule has 112 valence electrons. The summed E-state index contributed by atoms with van der Waals surface area (Å²) in [4.78, 5) is 11.7. The first-order chi connectivity index (χ1) is 9.32. The highest BCUT2D eigenvalue weighted by Gasteiger charge is 2.24. The van der Waals surface area contributed by atoms with Crippen LogP contribution in [0.25, 0.3) is 0 Å². The normalized spacial score (nSPS) is 13.2. The highest BCUT2D eigenvalue weighted by Crippen LogP contribution is 2.17. The minimum atomic E-state index is -3.56. The van der Waals surface area contributed by atoms with E-state index in [0.717, 1.165) is 5.56 Å². The van der Waals surface area contributed by atoms with E-state index in [2.05, 4.69) is 21.2 Å². The first kappa shape index (κ1) is 17.1. The zero-order valence-corrected chi connectivity index (χ0v) is 14.2. The van der Waals surface area contributed by atoms with Crippen LogP contribution in [0.1, 0.15) is 12.5 Å². The summed E-state index contributed by atoms with van der Waals surface area (Å²) in [5, 5.41) is 3.19. The molecule has 0 radical (unpaired) electrons. The van der Waals surface area contributed by atoms with Gasteiger partial charge in [0.05, 0.1) is 4.90 Å². The van der Waals surface area contributed by atoms with Gasteiger partial charge in [0.25, 0.3) is 0 Å². The maximum atomic E-state index is 12.4. The third kappa shape index (κ3) is 4.04. The topological polar surface area (TPSA) is 66.5 Å². The predicted octanol–water partition coefficient (Wildman–Crippen LogP) is 1.58. The monoisotopic (exact) mass is 362 g/mol. The number of nitrogens with one attached hydrogen (secondary N) is 1. The smallest absolute Gasteiger partial charge is 0.242 e. The van der Waals surface area contributed by atoms with E-state index in [9.17, 15) is 13.2 Å². The summed E-state index contributed by atoms with van der Waals surface area (Å²) in [6.07, 6.45) is 0. The first-order valence-corrected chi connectivity index (χ1v) is 8.72. The minimum absolute atomic E-state index is 0.141. The molecule has 0 aliphatic heterocycles. The molecule has 0 bridgehead atoms. The molecule has 20 heavy (non-hydrogen) atoms. The van der Waals surface area contributed by atoms with Crippen molar-refractivity contribution in [2.75, 3.05) is 20.6 Å². The van der Waals surface area contributed by atoms with Crippen molar-refractivity contribution < 1.29 is 13.2 Å². The van der Waals surface area contributed by atoms with Crippen molar-refractivity contribution in [3.8, 4) is 0 Å². The SMILES string of the molecule is CNC(=O)C(C)CN(C)S(=O)(=O)c1ccc(CBr)cc1. The molecule has 5 nitrogen and oxygen atoms in total. The van der Waals surface area contributed by atoms with E-state index in [1.165, 1.54) is 18.4 Å². The van der Waals surface area contributed by atoms with Crippen molar-refractivity contribution in [3.63, 3.8) is 0 Å². The average Bonchev–Trinajstić information content (AvgIpc) is 2.46. The summed E-state index contributed by atoms with van der Waals surface area (Å²) in [5.74, 6) is -0.580. The van der Waals surface area contributed by atoms with E-state index in [0.29, 0.717) is 5.33 Å². The Bertz CT molecular complexity index is 557. The average molecular weight is 363 g/mol. The molecule has 1 aromatic rings. The number of hydrogen-bond acceptors (Lipinski definition) is 3. The lowest BCUT2D eigenvalue weighted by Gasteiger charge is -2.20. The number of alkyl halides is 1. The van der Waals surface area contributed by atoms with Crippen LogP contribution >= 0.6 is 15.9 Å². The van der Waals surface area contributed by atoms with Crippen LogP contribution in [0, 0.1) is 5.92 Å². The van der Waals surface area contributed by atoms with Gasteiger partial charge in [-0.05, 0) is 17.7 Å². The molecule has 1 aromatic carbocycles. The zero-order chi connectivity index (χ0) is 15.3. The van der Waals surface area contributed by atoms with Gasteiger partial charge in [-0.25, -0.2) is 12.7 Å². The third-order valence-corrected chi connectivity index (χ3v) is 5.50. The van der Waals surface area contributed by atoms with E-state index in [4.69, 9.17) is 0 Å². The fourth-order valence-corrected chi connectivity index (χ4v) is 3.38. The lowest BCUT2D eigenvalue weighted by molar-refractivity contribution is -0.124. The molecule has 1 rings (SSSR count). The van der Waals surface area contributed by atoms with Gasteiger partial charge in [-0.2, -0.15) is 0 Å².